The molecule has 2 spiro atoms. The molecule has 170 valence electrons. The van der Waals surface area contributed by atoms with E-state index < -0.39 is 75.5 Å². The van der Waals surface area contributed by atoms with Crippen molar-refractivity contribution in [2.45, 2.75) is 76.2 Å². The van der Waals surface area contributed by atoms with E-state index in [2.05, 4.69) is 6.58 Å². The molecule has 0 radical (unpaired) electrons. The van der Waals surface area contributed by atoms with E-state index in [1.54, 1.807) is 0 Å². The van der Waals surface area contributed by atoms with Crippen molar-refractivity contribution in [2.24, 2.45) is 34.0 Å². The summed E-state index contributed by atoms with van der Waals surface area (Å²) in [6.07, 6.45) is -0.796. The standard InChI is InChI=1S/C22H28O9/c1-9-11-8-12(29-10(2)23)13-18-7-5-6-17(3,4)14(18)16(25)21(27)19(13,15(9)24)20(11,26)30-22(18,28)31-21/h11-14,16,25-28H,1,5-8H2,2-4H3/t11-,12-,13?,14+,16-,18+,19-,20-,21-,22+/m0/s1. The SMILES string of the molecule is C=C1C(=O)[C@@]23C4[C@@H](OC(C)=O)C[C@@H]1[C@]2(O)O[C@@]1(O)O[C@@]3(O)[C@@H](O)[C@@H]2C(C)(C)CCC[C@@]421. The number of esters is 1. The number of ketones is 1. The predicted molar refractivity (Wildman–Crippen MR) is 100 cm³/mol. The molecule has 9 heteroatoms. The Morgan fingerprint density at radius 1 is 1.13 bits per heavy atom. The van der Waals surface area contributed by atoms with Crippen LogP contribution in [0.2, 0.25) is 0 Å². The van der Waals surface area contributed by atoms with Gasteiger partial charge in [-0.25, -0.2) is 0 Å². The van der Waals surface area contributed by atoms with Gasteiger partial charge < -0.3 is 25.2 Å². The molecule has 4 aliphatic heterocycles. The summed E-state index contributed by atoms with van der Waals surface area (Å²) in [4.78, 5) is 25.8. The molecule has 0 amide bonds. The summed E-state index contributed by atoms with van der Waals surface area (Å²) >= 11 is 0. The van der Waals surface area contributed by atoms with Crippen LogP contribution >= 0.6 is 0 Å². The Bertz CT molecular complexity index is 961. The van der Waals surface area contributed by atoms with Gasteiger partial charge in [0.25, 0.3) is 5.97 Å². The summed E-state index contributed by atoms with van der Waals surface area (Å²) in [5.41, 5.74) is -4.13. The molecule has 8 aliphatic rings. The smallest absolute Gasteiger partial charge is 0.302 e. The van der Waals surface area contributed by atoms with Gasteiger partial charge >= 0.3 is 5.97 Å². The van der Waals surface area contributed by atoms with Crippen molar-refractivity contribution in [1.29, 1.82) is 0 Å². The Balaban J connectivity index is 1.73. The van der Waals surface area contributed by atoms with E-state index >= 15 is 0 Å². The number of hydrogen-bond donors (Lipinski definition) is 4. The summed E-state index contributed by atoms with van der Waals surface area (Å²) in [5.74, 6) is -11.5. The molecule has 9 nitrogen and oxygen atoms in total. The van der Waals surface area contributed by atoms with Crippen molar-refractivity contribution >= 4 is 11.8 Å². The van der Waals surface area contributed by atoms with Gasteiger partial charge in [-0.05, 0) is 30.3 Å². The highest BCUT2D eigenvalue weighted by atomic mass is 16.9. The minimum absolute atomic E-state index is 0.00574. The Kier molecular flexibility index (Phi) is 3.32. The van der Waals surface area contributed by atoms with E-state index in [1.807, 2.05) is 13.8 Å². The first-order chi connectivity index (χ1) is 14.2. The van der Waals surface area contributed by atoms with Crippen LogP contribution in [0.15, 0.2) is 12.2 Å². The zero-order valence-corrected chi connectivity index (χ0v) is 17.8. The van der Waals surface area contributed by atoms with Gasteiger partial charge in [0.05, 0.1) is 5.41 Å². The molecule has 4 heterocycles. The minimum atomic E-state index is -2.64. The molecule has 10 atom stereocenters. The molecule has 4 N–H and O–H groups in total. The van der Waals surface area contributed by atoms with Crippen molar-refractivity contribution in [1.82, 2.24) is 0 Å². The number of carbonyl (C=O) groups excluding carboxylic acids is 2. The monoisotopic (exact) mass is 436 g/mol. The number of hydrogen-bond acceptors (Lipinski definition) is 9. The van der Waals surface area contributed by atoms with Crippen molar-refractivity contribution in [3.8, 4) is 0 Å². The molecule has 7 bridgehead atoms. The van der Waals surface area contributed by atoms with E-state index in [0.717, 1.165) is 0 Å². The van der Waals surface area contributed by atoms with Gasteiger partial charge in [-0.15, -0.1) is 0 Å². The van der Waals surface area contributed by atoms with Crippen LogP contribution in [0, 0.1) is 34.0 Å². The molecule has 0 aromatic carbocycles. The molecule has 8 fully saturated rings. The molecule has 4 aliphatic carbocycles. The van der Waals surface area contributed by atoms with Gasteiger partial charge in [-0.2, -0.15) is 0 Å². The number of rotatable bonds is 1. The van der Waals surface area contributed by atoms with Gasteiger partial charge in [-0.1, -0.05) is 26.8 Å². The first-order valence-electron chi connectivity index (χ1n) is 10.9. The largest absolute Gasteiger partial charge is 0.462 e. The van der Waals surface area contributed by atoms with Gasteiger partial charge in [0, 0.05) is 24.7 Å². The normalized spacial score (nSPS) is 60.2. The predicted octanol–water partition coefficient (Wildman–Crippen LogP) is -0.0496. The lowest BCUT2D eigenvalue weighted by molar-refractivity contribution is -0.673. The minimum Gasteiger partial charge on any atom is -0.462 e. The fourth-order valence-corrected chi connectivity index (χ4v) is 8.93. The molecule has 31 heavy (non-hydrogen) atoms. The number of Topliss-reactive ketones (excluding diaryl/α,β-unsaturated/α-hetero) is 1. The van der Waals surface area contributed by atoms with E-state index in [9.17, 15) is 30.0 Å². The second-order valence-electron chi connectivity index (χ2n) is 11.1. The van der Waals surface area contributed by atoms with Crippen LogP contribution in [0.4, 0.5) is 0 Å². The third-order valence-electron chi connectivity index (χ3n) is 9.55. The van der Waals surface area contributed by atoms with Crippen LogP contribution in [0.1, 0.15) is 46.5 Å². The number of ether oxygens (including phenoxy) is 3. The van der Waals surface area contributed by atoms with Crippen molar-refractivity contribution in [3.05, 3.63) is 12.2 Å². The Morgan fingerprint density at radius 2 is 1.77 bits per heavy atom. The lowest BCUT2D eigenvalue weighted by Crippen LogP contribution is -2.97. The fourth-order valence-electron chi connectivity index (χ4n) is 8.93. The molecule has 0 aromatic heterocycles. The second-order valence-corrected chi connectivity index (χ2v) is 11.1. The first-order valence-corrected chi connectivity index (χ1v) is 10.9. The highest BCUT2D eigenvalue weighted by Gasteiger charge is 3.00. The highest BCUT2D eigenvalue weighted by Crippen LogP contribution is 2.85. The molecule has 8 rings (SSSR count). The van der Waals surface area contributed by atoms with Gasteiger partial charge in [0.15, 0.2) is 17.0 Å². The maximum absolute atomic E-state index is 13.8. The lowest BCUT2D eigenvalue weighted by Gasteiger charge is -2.82. The van der Waals surface area contributed by atoms with Gasteiger partial charge in [0.1, 0.15) is 12.2 Å². The maximum Gasteiger partial charge on any atom is 0.302 e. The Hall–Kier alpha value is -1.36. The summed E-state index contributed by atoms with van der Waals surface area (Å²) in [6, 6.07) is 0. The molecule has 4 saturated heterocycles. The Morgan fingerprint density at radius 3 is 2.42 bits per heavy atom. The molecule has 4 saturated carbocycles. The van der Waals surface area contributed by atoms with Crippen LogP contribution < -0.4 is 0 Å². The van der Waals surface area contributed by atoms with Gasteiger partial charge in [-0.3, -0.25) is 19.1 Å². The van der Waals surface area contributed by atoms with E-state index in [-0.39, 0.29) is 12.0 Å². The van der Waals surface area contributed by atoms with Gasteiger partial charge in [0.2, 0.25) is 5.79 Å². The zero-order valence-electron chi connectivity index (χ0n) is 17.8. The van der Waals surface area contributed by atoms with Crippen LogP contribution in [0.25, 0.3) is 0 Å². The van der Waals surface area contributed by atoms with Crippen molar-refractivity contribution in [3.63, 3.8) is 0 Å². The Labute approximate surface area is 179 Å². The van der Waals surface area contributed by atoms with Crippen molar-refractivity contribution in [2.75, 3.05) is 0 Å². The lowest BCUT2D eigenvalue weighted by atomic mass is 9.33. The van der Waals surface area contributed by atoms with Crippen LogP contribution in [0.3, 0.4) is 0 Å². The van der Waals surface area contributed by atoms with Crippen molar-refractivity contribution < 1.29 is 44.2 Å². The van der Waals surface area contributed by atoms with Crippen LogP contribution in [0.5, 0.6) is 0 Å². The molecular formula is C22H28O9. The number of aliphatic hydroxyl groups is 4. The number of carbonyl (C=O) groups is 2. The van der Waals surface area contributed by atoms with E-state index in [4.69, 9.17) is 14.2 Å². The second kappa shape index (κ2) is 5.08. The summed E-state index contributed by atoms with van der Waals surface area (Å²) < 4.78 is 17.3. The van der Waals surface area contributed by atoms with Crippen LogP contribution in [-0.4, -0.2) is 61.9 Å². The quantitative estimate of drug-likeness (QED) is 0.329. The fraction of sp³-hybridized carbons (Fsp3) is 0.818. The number of aliphatic hydroxyl groups excluding tert-OH is 1. The molecule has 0 aromatic rings. The summed E-state index contributed by atoms with van der Waals surface area (Å²) in [7, 11) is 0. The zero-order chi connectivity index (χ0) is 22.6. The third kappa shape index (κ3) is 1.63. The summed E-state index contributed by atoms with van der Waals surface area (Å²) in [6.45, 7) is 8.94. The first kappa shape index (κ1) is 20.3. The molecule has 1 unspecified atom stereocenters. The highest BCUT2D eigenvalue weighted by molar-refractivity contribution is 6.06. The molecular weight excluding hydrogens is 408 g/mol. The topological polar surface area (TPSA) is 143 Å². The summed E-state index contributed by atoms with van der Waals surface area (Å²) in [5, 5.41) is 47.1. The van der Waals surface area contributed by atoms with E-state index in [1.165, 1.54) is 6.92 Å². The average molecular weight is 436 g/mol. The average Bonchev–Trinajstić information content (AvgIpc) is 2.71. The third-order valence-corrected chi connectivity index (χ3v) is 9.55. The van der Waals surface area contributed by atoms with E-state index in [0.29, 0.717) is 19.3 Å². The maximum atomic E-state index is 13.8. The van der Waals surface area contributed by atoms with Crippen LogP contribution in [-0.2, 0) is 23.8 Å².